The molecule has 7 heteroatoms. The summed E-state index contributed by atoms with van der Waals surface area (Å²) in [5.74, 6) is 0.310. The molecule has 0 unspecified atom stereocenters. The molecule has 3 aromatic heterocycles. The highest BCUT2D eigenvalue weighted by Gasteiger charge is 2.14. The number of rotatable bonds is 3. The minimum absolute atomic E-state index is 0.286. The molecule has 0 bridgehead atoms. The molecule has 0 saturated heterocycles. The van der Waals surface area contributed by atoms with Crippen LogP contribution in [0.2, 0.25) is 0 Å². The predicted molar refractivity (Wildman–Crippen MR) is 80.2 cm³/mol. The molecule has 1 N–H and O–H groups in total. The average Bonchev–Trinajstić information content (AvgIpc) is 2.56. The molecule has 110 valence electrons. The molecule has 0 aromatic carbocycles. The predicted octanol–water partition coefficient (Wildman–Crippen LogP) is 0.991. The van der Waals surface area contributed by atoms with E-state index in [2.05, 4.69) is 15.0 Å². The molecule has 0 saturated carbocycles. The highest BCUT2D eigenvalue weighted by molar-refractivity contribution is 5.67. The van der Waals surface area contributed by atoms with Gasteiger partial charge in [-0.3, -0.25) is 9.78 Å². The van der Waals surface area contributed by atoms with Crippen LogP contribution in [0.3, 0.4) is 0 Å². The molecule has 3 rings (SSSR count). The number of hydrogen-bond donors (Lipinski definition) is 1. The first-order chi connectivity index (χ1) is 10.7. The van der Waals surface area contributed by atoms with Gasteiger partial charge in [-0.05, 0) is 24.3 Å². The quantitative estimate of drug-likeness (QED) is 0.778. The summed E-state index contributed by atoms with van der Waals surface area (Å²) in [6.07, 6.45) is 5.93. The third-order valence-electron chi connectivity index (χ3n) is 3.14. The number of hydrogen-bond acceptors (Lipinski definition) is 5. The van der Waals surface area contributed by atoms with Crippen molar-refractivity contribution in [1.29, 1.82) is 0 Å². The van der Waals surface area contributed by atoms with Crippen molar-refractivity contribution >= 4 is 0 Å². The molecular weight excluding hydrogens is 284 g/mol. The van der Waals surface area contributed by atoms with Gasteiger partial charge in [0.25, 0.3) is 5.56 Å². The largest absolute Gasteiger partial charge is 0.481 e. The standard InChI is InChI=1S/C15H12N4O3/c1-22-13-11(5-3-7-17-13)12-9-18-15(21)19(14(12)20)10-4-2-6-16-8-10/h2-9H,1H3,(H,18,21). The van der Waals surface area contributed by atoms with Crippen molar-refractivity contribution in [2.75, 3.05) is 7.11 Å². The van der Waals surface area contributed by atoms with E-state index in [1.54, 1.807) is 36.7 Å². The molecule has 0 aliphatic heterocycles. The van der Waals surface area contributed by atoms with E-state index in [9.17, 15) is 9.59 Å². The van der Waals surface area contributed by atoms with Crippen LogP contribution >= 0.6 is 0 Å². The van der Waals surface area contributed by atoms with Crippen LogP contribution in [0.25, 0.3) is 16.8 Å². The minimum Gasteiger partial charge on any atom is -0.481 e. The third kappa shape index (κ3) is 2.28. The van der Waals surface area contributed by atoms with Crippen molar-refractivity contribution in [1.82, 2.24) is 19.5 Å². The Kier molecular flexibility index (Phi) is 3.53. The van der Waals surface area contributed by atoms with Gasteiger partial charge in [0.1, 0.15) is 0 Å². The Bertz CT molecular complexity index is 916. The highest BCUT2D eigenvalue weighted by Crippen LogP contribution is 2.23. The number of ether oxygens (including phenoxy) is 1. The lowest BCUT2D eigenvalue weighted by atomic mass is 10.1. The van der Waals surface area contributed by atoms with Gasteiger partial charge >= 0.3 is 5.69 Å². The SMILES string of the molecule is COc1ncccc1-c1c[nH]c(=O)n(-c2cccnc2)c1=O. The van der Waals surface area contributed by atoms with Gasteiger partial charge in [-0.2, -0.15) is 0 Å². The summed E-state index contributed by atoms with van der Waals surface area (Å²) in [5.41, 5.74) is 0.170. The Morgan fingerprint density at radius 1 is 1.14 bits per heavy atom. The topological polar surface area (TPSA) is 89.9 Å². The van der Waals surface area contributed by atoms with Crippen LogP contribution in [-0.2, 0) is 0 Å². The third-order valence-corrected chi connectivity index (χ3v) is 3.14. The summed E-state index contributed by atoms with van der Waals surface area (Å²) in [4.78, 5) is 35.3. The maximum Gasteiger partial charge on any atom is 0.333 e. The Hall–Kier alpha value is -3.22. The number of methoxy groups -OCH3 is 1. The summed E-state index contributed by atoms with van der Waals surface area (Å²) < 4.78 is 6.19. The zero-order valence-electron chi connectivity index (χ0n) is 11.7. The second-order valence-electron chi connectivity index (χ2n) is 4.42. The zero-order valence-corrected chi connectivity index (χ0v) is 11.7. The Balaban J connectivity index is 2.29. The number of aromatic amines is 1. The molecule has 3 heterocycles. The lowest BCUT2D eigenvalue weighted by Gasteiger charge is -2.09. The number of H-pyrrole nitrogens is 1. The molecule has 0 fully saturated rings. The lowest BCUT2D eigenvalue weighted by Crippen LogP contribution is -2.34. The van der Waals surface area contributed by atoms with Crippen LogP contribution in [0.15, 0.2) is 58.6 Å². The van der Waals surface area contributed by atoms with Crippen LogP contribution in [0.4, 0.5) is 0 Å². The molecule has 0 spiro atoms. The molecule has 0 aliphatic carbocycles. The van der Waals surface area contributed by atoms with Gasteiger partial charge in [-0.15, -0.1) is 0 Å². The van der Waals surface area contributed by atoms with Gasteiger partial charge in [0.15, 0.2) is 0 Å². The second kappa shape index (κ2) is 5.65. The normalized spacial score (nSPS) is 10.4. The van der Waals surface area contributed by atoms with Crippen molar-refractivity contribution in [3.8, 4) is 22.7 Å². The average molecular weight is 296 g/mol. The fourth-order valence-corrected chi connectivity index (χ4v) is 2.14. The van der Waals surface area contributed by atoms with Crippen molar-refractivity contribution in [2.24, 2.45) is 0 Å². The van der Waals surface area contributed by atoms with Crippen molar-refractivity contribution in [2.45, 2.75) is 0 Å². The van der Waals surface area contributed by atoms with Gasteiger partial charge in [-0.25, -0.2) is 14.3 Å². The minimum atomic E-state index is -0.537. The van der Waals surface area contributed by atoms with E-state index in [4.69, 9.17) is 4.74 Å². The Labute approximate surface area is 124 Å². The monoisotopic (exact) mass is 296 g/mol. The Morgan fingerprint density at radius 3 is 2.68 bits per heavy atom. The molecule has 3 aromatic rings. The molecular formula is C15H12N4O3. The second-order valence-corrected chi connectivity index (χ2v) is 4.42. The van der Waals surface area contributed by atoms with E-state index in [1.807, 2.05) is 0 Å². The molecule has 0 radical (unpaired) electrons. The first-order valence-electron chi connectivity index (χ1n) is 6.47. The molecule has 22 heavy (non-hydrogen) atoms. The fraction of sp³-hybridized carbons (Fsp3) is 0.0667. The number of nitrogens with one attached hydrogen (secondary N) is 1. The summed E-state index contributed by atoms with van der Waals surface area (Å²) in [6, 6.07) is 6.68. The zero-order chi connectivity index (χ0) is 15.5. The maximum atomic E-state index is 12.7. The van der Waals surface area contributed by atoms with E-state index in [0.717, 1.165) is 4.57 Å². The number of pyridine rings is 2. The van der Waals surface area contributed by atoms with Crippen LogP contribution < -0.4 is 16.0 Å². The van der Waals surface area contributed by atoms with E-state index < -0.39 is 11.2 Å². The summed E-state index contributed by atoms with van der Waals surface area (Å²) >= 11 is 0. The summed E-state index contributed by atoms with van der Waals surface area (Å²) in [6.45, 7) is 0. The van der Waals surface area contributed by atoms with E-state index >= 15 is 0 Å². The van der Waals surface area contributed by atoms with Crippen LogP contribution in [0, 0.1) is 0 Å². The lowest BCUT2D eigenvalue weighted by molar-refractivity contribution is 0.399. The van der Waals surface area contributed by atoms with E-state index in [-0.39, 0.29) is 5.56 Å². The van der Waals surface area contributed by atoms with Gasteiger partial charge < -0.3 is 9.72 Å². The van der Waals surface area contributed by atoms with Crippen LogP contribution in [-0.4, -0.2) is 26.6 Å². The highest BCUT2D eigenvalue weighted by atomic mass is 16.5. The van der Waals surface area contributed by atoms with Gasteiger partial charge in [0.2, 0.25) is 5.88 Å². The first kappa shape index (κ1) is 13.7. The fourth-order valence-electron chi connectivity index (χ4n) is 2.14. The smallest absolute Gasteiger partial charge is 0.333 e. The Morgan fingerprint density at radius 2 is 1.95 bits per heavy atom. The van der Waals surface area contributed by atoms with Crippen LogP contribution in [0.1, 0.15) is 0 Å². The molecule has 0 atom stereocenters. The van der Waals surface area contributed by atoms with E-state index in [1.165, 1.54) is 19.5 Å². The molecule has 0 aliphatic rings. The van der Waals surface area contributed by atoms with Gasteiger partial charge in [0.05, 0.1) is 30.1 Å². The number of aromatic nitrogens is 4. The molecule has 0 amide bonds. The number of nitrogens with zero attached hydrogens (tertiary/aromatic N) is 3. The summed E-state index contributed by atoms with van der Waals surface area (Å²) in [5, 5.41) is 0. The molecule has 7 nitrogen and oxygen atoms in total. The van der Waals surface area contributed by atoms with Crippen molar-refractivity contribution in [3.05, 3.63) is 69.9 Å². The van der Waals surface area contributed by atoms with Crippen molar-refractivity contribution in [3.63, 3.8) is 0 Å². The maximum absolute atomic E-state index is 12.7. The van der Waals surface area contributed by atoms with Crippen molar-refractivity contribution < 1.29 is 4.74 Å². The van der Waals surface area contributed by atoms with E-state index in [0.29, 0.717) is 17.1 Å². The van der Waals surface area contributed by atoms with Gasteiger partial charge in [0, 0.05) is 18.6 Å². The van der Waals surface area contributed by atoms with Gasteiger partial charge in [-0.1, -0.05) is 0 Å². The first-order valence-corrected chi connectivity index (χ1v) is 6.47. The van der Waals surface area contributed by atoms with Crippen LogP contribution in [0.5, 0.6) is 5.88 Å². The summed E-state index contributed by atoms with van der Waals surface area (Å²) in [7, 11) is 1.47.